The van der Waals surface area contributed by atoms with Gasteiger partial charge in [-0.15, -0.1) is 0 Å². The van der Waals surface area contributed by atoms with Gasteiger partial charge in [-0.05, 0) is 38.4 Å². The number of ether oxygens (including phenoxy) is 1. The van der Waals surface area contributed by atoms with Gasteiger partial charge < -0.3 is 15.4 Å². The lowest BCUT2D eigenvalue weighted by Crippen LogP contribution is -2.46. The fourth-order valence-corrected chi connectivity index (χ4v) is 2.57. The fraction of sp³-hybridized carbons (Fsp3) is 0.533. The van der Waals surface area contributed by atoms with Crippen molar-refractivity contribution in [2.45, 2.75) is 38.3 Å². The molecule has 2 N–H and O–H groups in total. The van der Waals surface area contributed by atoms with Crippen molar-refractivity contribution in [3.63, 3.8) is 0 Å². The lowest BCUT2D eigenvalue weighted by molar-refractivity contribution is -0.122. The second-order valence-electron chi connectivity index (χ2n) is 5.17. The Bertz CT molecular complexity index is 453. The van der Waals surface area contributed by atoms with Gasteiger partial charge in [-0.2, -0.15) is 0 Å². The molecular weight excluding hydrogens is 276 g/mol. The number of nitrogens with one attached hydrogen (secondary N) is 2. The van der Waals surface area contributed by atoms with Crippen LogP contribution in [0.2, 0.25) is 5.02 Å². The minimum Gasteiger partial charge on any atom is -0.491 e. The first-order valence-corrected chi connectivity index (χ1v) is 7.43. The van der Waals surface area contributed by atoms with Crippen molar-refractivity contribution in [2.24, 2.45) is 0 Å². The Morgan fingerprint density at radius 3 is 3.05 bits per heavy atom. The largest absolute Gasteiger partial charge is 0.491 e. The SMILES string of the molecule is CC1CC(NC(=O)CCOc2ccccc2Cl)CCN1. The number of carbonyl (C=O) groups excluding carboxylic acids is 1. The lowest BCUT2D eigenvalue weighted by atomic mass is 10.0. The third-order valence-corrected chi connectivity index (χ3v) is 3.72. The van der Waals surface area contributed by atoms with E-state index in [1.807, 2.05) is 12.1 Å². The Morgan fingerprint density at radius 1 is 1.50 bits per heavy atom. The highest BCUT2D eigenvalue weighted by molar-refractivity contribution is 6.32. The van der Waals surface area contributed by atoms with Crippen LogP contribution in [0.15, 0.2) is 24.3 Å². The average Bonchev–Trinajstić information content (AvgIpc) is 2.41. The summed E-state index contributed by atoms with van der Waals surface area (Å²) in [6, 6.07) is 8.02. The molecule has 1 fully saturated rings. The van der Waals surface area contributed by atoms with E-state index < -0.39 is 0 Å². The molecule has 0 bridgehead atoms. The average molecular weight is 297 g/mol. The van der Waals surface area contributed by atoms with Crippen LogP contribution < -0.4 is 15.4 Å². The highest BCUT2D eigenvalue weighted by Gasteiger charge is 2.19. The van der Waals surface area contributed by atoms with Crippen molar-refractivity contribution in [1.82, 2.24) is 10.6 Å². The van der Waals surface area contributed by atoms with Gasteiger partial charge in [0.15, 0.2) is 0 Å². The predicted octanol–water partition coefficient (Wildman–Crippen LogP) is 2.37. The van der Waals surface area contributed by atoms with Gasteiger partial charge in [-0.25, -0.2) is 0 Å². The Hall–Kier alpha value is -1.26. The number of hydrogen-bond acceptors (Lipinski definition) is 3. The van der Waals surface area contributed by atoms with Gasteiger partial charge in [0.05, 0.1) is 18.1 Å². The molecule has 2 unspecified atom stereocenters. The Morgan fingerprint density at radius 2 is 2.30 bits per heavy atom. The molecule has 1 aromatic carbocycles. The van der Waals surface area contributed by atoms with E-state index in [1.165, 1.54) is 0 Å². The van der Waals surface area contributed by atoms with Gasteiger partial charge in [0.2, 0.25) is 5.91 Å². The summed E-state index contributed by atoms with van der Waals surface area (Å²) in [6.07, 6.45) is 2.32. The van der Waals surface area contributed by atoms with Crippen LogP contribution in [0, 0.1) is 0 Å². The number of halogens is 1. The van der Waals surface area contributed by atoms with E-state index in [-0.39, 0.29) is 11.9 Å². The summed E-state index contributed by atoms with van der Waals surface area (Å²) in [5, 5.41) is 6.99. The number of benzene rings is 1. The molecule has 110 valence electrons. The topological polar surface area (TPSA) is 50.4 Å². The van der Waals surface area contributed by atoms with Crippen molar-refractivity contribution in [3.05, 3.63) is 29.3 Å². The zero-order chi connectivity index (χ0) is 14.4. The maximum absolute atomic E-state index is 11.8. The maximum atomic E-state index is 11.8. The van der Waals surface area contributed by atoms with Crippen molar-refractivity contribution in [1.29, 1.82) is 0 Å². The van der Waals surface area contributed by atoms with Gasteiger partial charge in [0, 0.05) is 12.1 Å². The highest BCUT2D eigenvalue weighted by Crippen LogP contribution is 2.23. The first-order valence-electron chi connectivity index (χ1n) is 7.05. The Kier molecular flexibility index (Phi) is 5.68. The summed E-state index contributed by atoms with van der Waals surface area (Å²) < 4.78 is 5.51. The summed E-state index contributed by atoms with van der Waals surface area (Å²) in [6.45, 7) is 3.44. The van der Waals surface area contributed by atoms with Gasteiger partial charge in [0.1, 0.15) is 5.75 Å². The molecule has 1 aliphatic heterocycles. The lowest BCUT2D eigenvalue weighted by Gasteiger charge is -2.28. The highest BCUT2D eigenvalue weighted by atomic mass is 35.5. The molecule has 0 aromatic heterocycles. The zero-order valence-electron chi connectivity index (χ0n) is 11.7. The smallest absolute Gasteiger partial charge is 0.223 e. The molecule has 1 aliphatic rings. The van der Waals surface area contributed by atoms with E-state index in [1.54, 1.807) is 12.1 Å². The molecule has 0 radical (unpaired) electrons. The van der Waals surface area contributed by atoms with Gasteiger partial charge in [-0.1, -0.05) is 23.7 Å². The van der Waals surface area contributed by atoms with Crippen molar-refractivity contribution in [3.8, 4) is 5.75 Å². The number of carbonyl (C=O) groups is 1. The van der Waals surface area contributed by atoms with E-state index in [9.17, 15) is 4.79 Å². The normalized spacial score (nSPS) is 22.3. The van der Waals surface area contributed by atoms with Crippen LogP contribution in [-0.4, -0.2) is 31.1 Å². The molecule has 1 saturated heterocycles. The Labute approximate surface area is 124 Å². The summed E-state index contributed by atoms with van der Waals surface area (Å²) >= 11 is 5.98. The predicted molar refractivity (Wildman–Crippen MR) is 80.2 cm³/mol. The quantitative estimate of drug-likeness (QED) is 0.877. The Balaban J connectivity index is 1.69. The molecule has 1 heterocycles. The molecule has 5 heteroatoms. The fourth-order valence-electron chi connectivity index (χ4n) is 2.38. The van der Waals surface area contributed by atoms with Crippen LogP contribution in [-0.2, 0) is 4.79 Å². The van der Waals surface area contributed by atoms with Crippen LogP contribution in [0.25, 0.3) is 0 Å². The second-order valence-corrected chi connectivity index (χ2v) is 5.58. The summed E-state index contributed by atoms with van der Waals surface area (Å²) in [7, 11) is 0. The van der Waals surface area contributed by atoms with Crippen LogP contribution in [0.4, 0.5) is 0 Å². The number of piperidine rings is 1. The van der Waals surface area contributed by atoms with Gasteiger partial charge >= 0.3 is 0 Å². The minimum absolute atomic E-state index is 0.0381. The monoisotopic (exact) mass is 296 g/mol. The minimum atomic E-state index is 0.0381. The second kappa shape index (κ2) is 7.50. The molecule has 1 amide bonds. The van der Waals surface area contributed by atoms with E-state index in [0.29, 0.717) is 29.8 Å². The van der Waals surface area contributed by atoms with E-state index in [2.05, 4.69) is 17.6 Å². The molecule has 0 saturated carbocycles. The number of amides is 1. The summed E-state index contributed by atoms with van der Waals surface area (Å²) in [4.78, 5) is 11.8. The van der Waals surface area contributed by atoms with E-state index in [4.69, 9.17) is 16.3 Å². The molecular formula is C15H21ClN2O2. The van der Waals surface area contributed by atoms with Crippen LogP contribution in [0.1, 0.15) is 26.2 Å². The summed E-state index contributed by atoms with van der Waals surface area (Å²) in [5.74, 6) is 0.661. The number of para-hydroxylation sites is 1. The molecule has 20 heavy (non-hydrogen) atoms. The standard InChI is InChI=1S/C15H21ClN2O2/c1-11-10-12(6-8-17-11)18-15(19)7-9-20-14-5-3-2-4-13(14)16/h2-5,11-12,17H,6-10H2,1H3,(H,18,19). The van der Waals surface area contributed by atoms with Crippen molar-refractivity contribution >= 4 is 17.5 Å². The molecule has 1 aromatic rings. The van der Waals surface area contributed by atoms with Gasteiger partial charge in [0.25, 0.3) is 0 Å². The third-order valence-electron chi connectivity index (χ3n) is 3.41. The molecule has 4 nitrogen and oxygen atoms in total. The maximum Gasteiger partial charge on any atom is 0.223 e. The first-order chi connectivity index (χ1) is 9.65. The third kappa shape index (κ3) is 4.69. The van der Waals surface area contributed by atoms with Gasteiger partial charge in [-0.3, -0.25) is 4.79 Å². The molecule has 0 aliphatic carbocycles. The molecule has 2 rings (SSSR count). The number of hydrogen-bond donors (Lipinski definition) is 2. The van der Waals surface area contributed by atoms with E-state index in [0.717, 1.165) is 19.4 Å². The first kappa shape index (κ1) is 15.1. The zero-order valence-corrected chi connectivity index (χ0v) is 12.5. The van der Waals surface area contributed by atoms with Crippen molar-refractivity contribution < 1.29 is 9.53 Å². The summed E-state index contributed by atoms with van der Waals surface area (Å²) in [5.41, 5.74) is 0. The molecule has 2 atom stereocenters. The molecule has 0 spiro atoms. The number of rotatable bonds is 5. The van der Waals surface area contributed by atoms with Crippen molar-refractivity contribution in [2.75, 3.05) is 13.2 Å². The van der Waals surface area contributed by atoms with Crippen LogP contribution >= 0.6 is 11.6 Å². The van der Waals surface area contributed by atoms with Crippen LogP contribution in [0.3, 0.4) is 0 Å². The van der Waals surface area contributed by atoms with E-state index >= 15 is 0 Å². The van der Waals surface area contributed by atoms with Crippen LogP contribution in [0.5, 0.6) is 5.75 Å².